The van der Waals surface area contributed by atoms with Gasteiger partial charge in [0.1, 0.15) is 12.7 Å². The highest BCUT2D eigenvalue weighted by Crippen LogP contribution is 2.62. The van der Waals surface area contributed by atoms with E-state index in [2.05, 4.69) is 11.3 Å². The summed E-state index contributed by atoms with van der Waals surface area (Å²) in [5, 5.41) is -0.433. The Bertz CT molecular complexity index is 656. The minimum Gasteiger partial charge on any atom is -0.461 e. The first-order valence-corrected chi connectivity index (χ1v) is 9.23. The molecule has 0 aromatic carbocycles. The summed E-state index contributed by atoms with van der Waals surface area (Å²) in [5.74, 6) is -1.24. The topological polar surface area (TPSA) is 105 Å². The summed E-state index contributed by atoms with van der Waals surface area (Å²) in [6, 6.07) is 0. The van der Waals surface area contributed by atoms with Crippen molar-refractivity contribution >= 4 is 22.1 Å². The summed E-state index contributed by atoms with van der Waals surface area (Å²) in [7, 11) is -3.51. The lowest BCUT2D eigenvalue weighted by Gasteiger charge is -2.30. The summed E-state index contributed by atoms with van der Waals surface area (Å²) in [4.78, 5) is 22.2. The fraction of sp³-hybridized carbons (Fsp3) is 0.733. The van der Waals surface area contributed by atoms with E-state index in [9.17, 15) is 18.0 Å². The van der Waals surface area contributed by atoms with Crippen molar-refractivity contribution in [3.8, 4) is 0 Å². The zero-order chi connectivity index (χ0) is 17.5. The second kappa shape index (κ2) is 6.12. The van der Waals surface area contributed by atoms with Crippen LogP contribution in [0, 0.1) is 11.3 Å². The third kappa shape index (κ3) is 2.84. The van der Waals surface area contributed by atoms with Crippen LogP contribution in [-0.4, -0.2) is 57.6 Å². The van der Waals surface area contributed by atoms with Crippen molar-refractivity contribution in [2.24, 2.45) is 11.3 Å². The van der Waals surface area contributed by atoms with Crippen LogP contribution >= 0.6 is 0 Å². The first-order valence-electron chi connectivity index (χ1n) is 7.76. The molecule has 0 aromatic rings. The van der Waals surface area contributed by atoms with E-state index in [1.165, 1.54) is 0 Å². The van der Waals surface area contributed by atoms with Crippen LogP contribution in [-0.2, 0) is 38.1 Å². The quantitative estimate of drug-likeness (QED) is 0.274. The molecule has 9 heteroatoms. The van der Waals surface area contributed by atoms with E-state index in [1.807, 2.05) is 6.92 Å². The highest BCUT2D eigenvalue weighted by Gasteiger charge is 2.71. The van der Waals surface area contributed by atoms with Crippen molar-refractivity contribution in [3.05, 3.63) is 12.7 Å². The maximum atomic E-state index is 12.0. The maximum Gasteiger partial charge on any atom is 0.344 e. The molecule has 2 aliphatic carbocycles. The van der Waals surface area contributed by atoms with Gasteiger partial charge in [0.15, 0.2) is 6.61 Å². The predicted molar refractivity (Wildman–Crippen MR) is 80.3 cm³/mol. The van der Waals surface area contributed by atoms with Crippen LogP contribution in [0.2, 0.25) is 0 Å². The van der Waals surface area contributed by atoms with Gasteiger partial charge in [-0.05, 0) is 18.8 Å². The second-order valence-corrected chi connectivity index (χ2v) is 8.32. The van der Waals surface area contributed by atoms with Crippen LogP contribution in [0.3, 0.4) is 0 Å². The molecule has 5 atom stereocenters. The lowest BCUT2D eigenvalue weighted by Crippen LogP contribution is -2.42. The number of esters is 2. The minimum atomic E-state index is -3.51. The molecule has 8 nitrogen and oxygen atoms in total. The van der Waals surface area contributed by atoms with Crippen LogP contribution in [0.5, 0.6) is 0 Å². The van der Waals surface area contributed by atoms with Crippen molar-refractivity contribution in [1.82, 2.24) is 0 Å². The van der Waals surface area contributed by atoms with Crippen molar-refractivity contribution < 1.29 is 36.4 Å². The lowest BCUT2D eigenvalue weighted by atomic mass is 9.82. The van der Waals surface area contributed by atoms with Gasteiger partial charge in [0.2, 0.25) is 0 Å². The zero-order valence-electron chi connectivity index (χ0n) is 13.3. The molecule has 0 N–H and O–H groups in total. The summed E-state index contributed by atoms with van der Waals surface area (Å²) in [6.07, 6.45) is 1.51. The van der Waals surface area contributed by atoms with Crippen molar-refractivity contribution in [1.29, 1.82) is 0 Å². The lowest BCUT2D eigenvalue weighted by molar-refractivity contribution is -0.158. The number of rotatable bonds is 7. The van der Waals surface area contributed by atoms with Crippen LogP contribution in [0.4, 0.5) is 0 Å². The molecule has 0 radical (unpaired) electrons. The molecule has 2 bridgehead atoms. The first-order chi connectivity index (χ1) is 11.3. The molecule has 1 saturated heterocycles. The van der Waals surface area contributed by atoms with Crippen LogP contribution in [0.25, 0.3) is 0 Å². The number of fused-ring (bicyclic) bond motifs is 1. The largest absolute Gasteiger partial charge is 0.461 e. The molecule has 134 valence electrons. The zero-order valence-corrected chi connectivity index (χ0v) is 14.1. The van der Waals surface area contributed by atoms with E-state index >= 15 is 0 Å². The minimum absolute atomic E-state index is 0.00664. The number of hydrogen-bond acceptors (Lipinski definition) is 8. The third-order valence-corrected chi connectivity index (χ3v) is 7.01. The molecule has 3 rings (SSSR count). The van der Waals surface area contributed by atoms with E-state index in [-0.39, 0.29) is 30.7 Å². The van der Waals surface area contributed by atoms with Crippen LogP contribution in [0.15, 0.2) is 12.7 Å². The Balaban J connectivity index is 1.44. The van der Waals surface area contributed by atoms with Gasteiger partial charge in [0.05, 0.1) is 18.0 Å². The molecule has 1 heterocycles. The molecule has 2 saturated carbocycles. The van der Waals surface area contributed by atoms with Gasteiger partial charge >= 0.3 is 11.9 Å². The van der Waals surface area contributed by atoms with Gasteiger partial charge in [-0.1, -0.05) is 13.5 Å². The molecule has 3 aliphatic rings. The molecular formula is C15H20O8S. The Morgan fingerprint density at radius 3 is 2.79 bits per heavy atom. The Morgan fingerprint density at radius 2 is 2.08 bits per heavy atom. The first kappa shape index (κ1) is 17.4. The van der Waals surface area contributed by atoms with E-state index in [1.54, 1.807) is 0 Å². The van der Waals surface area contributed by atoms with Gasteiger partial charge in [0.25, 0.3) is 10.1 Å². The van der Waals surface area contributed by atoms with Gasteiger partial charge < -0.3 is 14.2 Å². The summed E-state index contributed by atoms with van der Waals surface area (Å²) < 4.78 is 44.4. The molecule has 0 amide bonds. The summed E-state index contributed by atoms with van der Waals surface area (Å²) >= 11 is 0. The Labute approximate surface area is 140 Å². The van der Waals surface area contributed by atoms with Gasteiger partial charge in [-0.25, -0.2) is 9.59 Å². The van der Waals surface area contributed by atoms with Gasteiger partial charge in [0, 0.05) is 11.5 Å². The standard InChI is InChI=1S/C15H20O8S/c1-3-11(16)22-8-12(17)20-4-5-21-13-9-6-10-15(2,7-9)14(13)23-24(10,18)19/h3,9-10,13-14H,1,4-8H2,2H3. The monoisotopic (exact) mass is 360 g/mol. The Hall–Kier alpha value is -1.45. The molecule has 24 heavy (non-hydrogen) atoms. The van der Waals surface area contributed by atoms with E-state index in [0.29, 0.717) is 6.42 Å². The Kier molecular flexibility index (Phi) is 4.43. The fourth-order valence-corrected chi connectivity index (χ4v) is 6.24. The van der Waals surface area contributed by atoms with E-state index < -0.39 is 40.0 Å². The number of carbonyl (C=O) groups excluding carboxylic acids is 2. The van der Waals surface area contributed by atoms with E-state index in [4.69, 9.17) is 13.7 Å². The smallest absolute Gasteiger partial charge is 0.344 e. The van der Waals surface area contributed by atoms with Gasteiger partial charge in [-0.15, -0.1) is 0 Å². The average Bonchev–Trinajstić information content (AvgIpc) is 3.03. The van der Waals surface area contributed by atoms with Gasteiger partial charge in [-0.3, -0.25) is 4.18 Å². The van der Waals surface area contributed by atoms with Crippen molar-refractivity contribution in [3.63, 3.8) is 0 Å². The van der Waals surface area contributed by atoms with Crippen molar-refractivity contribution in [2.75, 3.05) is 19.8 Å². The molecule has 3 fully saturated rings. The van der Waals surface area contributed by atoms with Crippen LogP contribution in [0.1, 0.15) is 19.8 Å². The fourth-order valence-electron chi connectivity index (χ4n) is 4.11. The second-order valence-electron chi connectivity index (χ2n) is 6.57. The molecule has 0 spiro atoms. The average molecular weight is 360 g/mol. The molecule has 1 aliphatic heterocycles. The van der Waals surface area contributed by atoms with Crippen molar-refractivity contribution in [2.45, 2.75) is 37.2 Å². The Morgan fingerprint density at radius 1 is 1.33 bits per heavy atom. The van der Waals surface area contributed by atoms with Gasteiger partial charge in [-0.2, -0.15) is 8.42 Å². The SMILES string of the molecule is C=CC(=O)OCC(=O)OCCOC1C2CC3C(C)(C2)C1OS3(=O)=O. The summed E-state index contributed by atoms with van der Waals surface area (Å²) in [5.41, 5.74) is -0.385. The third-order valence-electron chi connectivity index (χ3n) is 5.11. The number of ether oxygens (including phenoxy) is 3. The highest BCUT2D eigenvalue weighted by atomic mass is 32.2. The highest BCUT2D eigenvalue weighted by molar-refractivity contribution is 7.87. The van der Waals surface area contributed by atoms with Crippen LogP contribution < -0.4 is 0 Å². The molecule has 5 unspecified atom stereocenters. The molecule has 0 aromatic heterocycles. The van der Waals surface area contributed by atoms with E-state index in [0.717, 1.165) is 12.5 Å². The predicted octanol–water partition coefficient (Wildman–Crippen LogP) is 0.171. The number of hydrogen-bond donors (Lipinski definition) is 0. The molecular weight excluding hydrogens is 340 g/mol. The summed E-state index contributed by atoms with van der Waals surface area (Å²) in [6.45, 7) is 4.78. The normalized spacial score (nSPS) is 38.0. The maximum absolute atomic E-state index is 12.0. The number of carbonyl (C=O) groups is 2.